The van der Waals surface area contributed by atoms with Gasteiger partial charge in [0, 0.05) is 26.6 Å². The highest BCUT2D eigenvalue weighted by atomic mass is 32.1. The van der Waals surface area contributed by atoms with Crippen LogP contribution in [0.1, 0.15) is 11.1 Å². The molecular weight excluding hydrogens is 382 g/mol. The Bertz CT molecular complexity index is 1260. The molecule has 0 aliphatic carbocycles. The first-order valence-electron chi connectivity index (χ1n) is 10.2. The molecule has 0 aliphatic heterocycles. The van der Waals surface area contributed by atoms with Crippen LogP contribution in [0.3, 0.4) is 0 Å². The van der Waals surface area contributed by atoms with E-state index in [1.54, 1.807) is 0 Å². The first-order chi connectivity index (χ1) is 14.7. The summed E-state index contributed by atoms with van der Waals surface area (Å²) >= 11 is 1.88. The van der Waals surface area contributed by atoms with Crippen molar-refractivity contribution in [3.8, 4) is 10.4 Å². The van der Waals surface area contributed by atoms with Crippen LogP contribution in [0.4, 0.5) is 17.1 Å². The molecule has 30 heavy (non-hydrogen) atoms. The van der Waals surface area contributed by atoms with Crippen LogP contribution in [0.15, 0.2) is 103 Å². The lowest BCUT2D eigenvalue weighted by Gasteiger charge is -2.26. The minimum absolute atomic E-state index is 1.16. The number of anilines is 3. The molecule has 0 unspecified atom stereocenters. The first-order valence-corrected chi connectivity index (χ1v) is 11.0. The molecule has 0 saturated heterocycles. The molecule has 4 aromatic carbocycles. The maximum absolute atomic E-state index is 2.31. The van der Waals surface area contributed by atoms with Gasteiger partial charge in [0.2, 0.25) is 0 Å². The molecule has 0 spiro atoms. The molecule has 0 N–H and O–H groups in total. The lowest BCUT2D eigenvalue weighted by atomic mass is 10.0. The predicted molar refractivity (Wildman–Crippen MR) is 131 cm³/mol. The summed E-state index contributed by atoms with van der Waals surface area (Å²) in [7, 11) is 0. The number of nitrogens with zero attached hydrogens (tertiary/aromatic N) is 1. The molecule has 0 fully saturated rings. The van der Waals surface area contributed by atoms with Crippen molar-refractivity contribution in [2.24, 2.45) is 0 Å². The second kappa shape index (κ2) is 7.81. The van der Waals surface area contributed by atoms with E-state index >= 15 is 0 Å². The molecule has 1 aromatic heterocycles. The topological polar surface area (TPSA) is 3.24 Å². The zero-order chi connectivity index (χ0) is 20.5. The molecule has 146 valence electrons. The van der Waals surface area contributed by atoms with Crippen LogP contribution < -0.4 is 4.90 Å². The maximum atomic E-state index is 2.31. The van der Waals surface area contributed by atoms with Crippen molar-refractivity contribution < 1.29 is 0 Å². The smallest absolute Gasteiger partial charge is 0.0464 e. The molecule has 0 bridgehead atoms. The normalized spacial score (nSPS) is 11.0. The van der Waals surface area contributed by atoms with Crippen LogP contribution in [0.5, 0.6) is 0 Å². The van der Waals surface area contributed by atoms with Gasteiger partial charge in [-0.2, -0.15) is 0 Å². The molecule has 2 heteroatoms. The van der Waals surface area contributed by atoms with E-state index in [4.69, 9.17) is 0 Å². The Morgan fingerprint density at radius 2 is 1.20 bits per heavy atom. The van der Waals surface area contributed by atoms with E-state index in [1.165, 1.54) is 37.3 Å². The third-order valence-corrected chi connectivity index (χ3v) is 6.89. The minimum atomic E-state index is 1.16. The SMILES string of the molecule is Cc1cc(N(c2ccccc2)c2ccccc2)ccc1-c1sc2ccccc2c1C. The Labute approximate surface area is 181 Å². The van der Waals surface area contributed by atoms with Crippen molar-refractivity contribution in [3.63, 3.8) is 0 Å². The molecule has 5 aromatic rings. The van der Waals surface area contributed by atoms with Gasteiger partial charge in [0.15, 0.2) is 0 Å². The molecule has 1 nitrogen and oxygen atoms in total. The Morgan fingerprint density at radius 1 is 0.600 bits per heavy atom. The highest BCUT2D eigenvalue weighted by Crippen LogP contribution is 2.41. The van der Waals surface area contributed by atoms with Crippen LogP contribution in [-0.2, 0) is 0 Å². The highest BCUT2D eigenvalue weighted by molar-refractivity contribution is 7.22. The zero-order valence-corrected chi connectivity index (χ0v) is 18.0. The lowest BCUT2D eigenvalue weighted by molar-refractivity contribution is 1.27. The van der Waals surface area contributed by atoms with Gasteiger partial charge in [-0.25, -0.2) is 0 Å². The summed E-state index contributed by atoms with van der Waals surface area (Å²) in [4.78, 5) is 3.68. The van der Waals surface area contributed by atoms with Crippen molar-refractivity contribution in [2.45, 2.75) is 13.8 Å². The summed E-state index contributed by atoms with van der Waals surface area (Å²) in [5.74, 6) is 0. The molecule has 0 saturated carbocycles. The van der Waals surface area contributed by atoms with Gasteiger partial charge in [-0.05, 0) is 78.4 Å². The van der Waals surface area contributed by atoms with Gasteiger partial charge in [-0.1, -0.05) is 60.7 Å². The summed E-state index contributed by atoms with van der Waals surface area (Å²) in [6.45, 7) is 4.46. The largest absolute Gasteiger partial charge is 0.310 e. The summed E-state index contributed by atoms with van der Waals surface area (Å²) in [5.41, 5.74) is 7.47. The van der Waals surface area contributed by atoms with Crippen LogP contribution in [0, 0.1) is 13.8 Å². The fourth-order valence-corrected chi connectivity index (χ4v) is 5.37. The fourth-order valence-electron chi connectivity index (χ4n) is 4.07. The monoisotopic (exact) mass is 405 g/mol. The second-order valence-electron chi connectivity index (χ2n) is 7.56. The molecule has 1 heterocycles. The van der Waals surface area contributed by atoms with E-state index in [1.807, 2.05) is 11.3 Å². The number of rotatable bonds is 4. The molecule has 0 aliphatic rings. The summed E-state index contributed by atoms with van der Waals surface area (Å²) < 4.78 is 1.35. The number of fused-ring (bicyclic) bond motifs is 1. The Morgan fingerprint density at radius 3 is 1.80 bits per heavy atom. The third kappa shape index (κ3) is 3.30. The van der Waals surface area contributed by atoms with E-state index < -0.39 is 0 Å². The minimum Gasteiger partial charge on any atom is -0.310 e. The van der Waals surface area contributed by atoms with Crippen molar-refractivity contribution in [2.75, 3.05) is 4.90 Å². The Hall–Kier alpha value is -3.36. The van der Waals surface area contributed by atoms with E-state index in [-0.39, 0.29) is 0 Å². The maximum Gasteiger partial charge on any atom is 0.0464 e. The number of aryl methyl sites for hydroxylation is 2. The van der Waals surface area contributed by atoms with Crippen LogP contribution in [0.25, 0.3) is 20.5 Å². The van der Waals surface area contributed by atoms with Gasteiger partial charge in [0.05, 0.1) is 0 Å². The van der Waals surface area contributed by atoms with Crippen molar-refractivity contribution in [3.05, 3.63) is 114 Å². The van der Waals surface area contributed by atoms with Crippen molar-refractivity contribution in [1.82, 2.24) is 0 Å². The van der Waals surface area contributed by atoms with Crippen LogP contribution in [-0.4, -0.2) is 0 Å². The summed E-state index contributed by atoms with van der Waals surface area (Å²) in [5, 5.41) is 1.36. The van der Waals surface area contributed by atoms with Crippen molar-refractivity contribution in [1.29, 1.82) is 0 Å². The number of hydrogen-bond acceptors (Lipinski definition) is 2. The molecule has 0 radical (unpaired) electrons. The van der Waals surface area contributed by atoms with Gasteiger partial charge in [0.1, 0.15) is 0 Å². The van der Waals surface area contributed by atoms with Crippen LogP contribution in [0.2, 0.25) is 0 Å². The van der Waals surface area contributed by atoms with E-state index in [0.717, 1.165) is 11.4 Å². The standard InChI is InChI=1S/C28H23NS/c1-20-19-24(29(22-11-5-3-6-12-22)23-13-7-4-8-14-23)17-18-25(20)28-21(2)26-15-9-10-16-27(26)30-28/h3-19H,1-2H3. The Balaban J connectivity index is 1.63. The summed E-state index contributed by atoms with van der Waals surface area (Å²) in [6.07, 6.45) is 0. The number of para-hydroxylation sites is 2. The number of thiophene rings is 1. The highest BCUT2D eigenvalue weighted by Gasteiger charge is 2.16. The van der Waals surface area contributed by atoms with E-state index in [0.29, 0.717) is 0 Å². The molecule has 0 atom stereocenters. The number of benzene rings is 4. The van der Waals surface area contributed by atoms with Crippen LogP contribution >= 0.6 is 11.3 Å². The van der Waals surface area contributed by atoms with Gasteiger partial charge in [-0.15, -0.1) is 11.3 Å². The van der Waals surface area contributed by atoms with Gasteiger partial charge >= 0.3 is 0 Å². The molecule has 5 rings (SSSR count). The predicted octanol–water partition coefficient (Wildman–Crippen LogP) is 8.65. The molecule has 0 amide bonds. The van der Waals surface area contributed by atoms with Gasteiger partial charge < -0.3 is 4.90 Å². The quantitative estimate of drug-likeness (QED) is 0.289. The fraction of sp³-hybridized carbons (Fsp3) is 0.0714. The lowest BCUT2D eigenvalue weighted by Crippen LogP contribution is -2.09. The van der Waals surface area contributed by atoms with Gasteiger partial charge in [0.25, 0.3) is 0 Å². The molecular formula is C28H23NS. The zero-order valence-electron chi connectivity index (χ0n) is 17.2. The average Bonchev–Trinajstić information content (AvgIpc) is 3.12. The summed E-state index contributed by atoms with van der Waals surface area (Å²) in [6, 6.07) is 36.6. The van der Waals surface area contributed by atoms with E-state index in [9.17, 15) is 0 Å². The average molecular weight is 406 g/mol. The van der Waals surface area contributed by atoms with Gasteiger partial charge in [-0.3, -0.25) is 0 Å². The third-order valence-electron chi connectivity index (χ3n) is 5.59. The number of hydrogen-bond donors (Lipinski definition) is 0. The van der Waals surface area contributed by atoms with E-state index in [2.05, 4.69) is 122 Å². The second-order valence-corrected chi connectivity index (χ2v) is 8.61. The Kier molecular flexibility index (Phi) is 4.86. The van der Waals surface area contributed by atoms with Crippen molar-refractivity contribution >= 4 is 38.5 Å². The first kappa shape index (κ1) is 18.7.